The molecule has 3 aliphatic carbocycles. The summed E-state index contributed by atoms with van der Waals surface area (Å²) in [5, 5.41) is 7.40. The fraction of sp³-hybridized carbons (Fsp3) is 0.286. The van der Waals surface area contributed by atoms with Gasteiger partial charge < -0.3 is 18.6 Å². The summed E-state index contributed by atoms with van der Waals surface area (Å²) >= 11 is 3.73. The minimum atomic E-state index is -0.375. The van der Waals surface area contributed by atoms with Gasteiger partial charge in [0.05, 0.1) is 22.4 Å². The van der Waals surface area contributed by atoms with Crippen LogP contribution in [0.5, 0.6) is 0 Å². The molecule has 0 N–H and O–H groups in total. The molecule has 8 heteroatoms. The first-order chi connectivity index (χ1) is 47.1. The standard InChI is InChI=1S/C34H37BO2.C29H19BrO.C28H35BO2/c1-20(2)23-11-9-12-24(21(3)4)31(23)22-15-16-25-26-13-10-14-28-30(18-17-27(32(26)28)29(25)19-22)35-36-33(5,6)34(7,8)37-35;1-16-8-3-5-10-18(16)27-25-21-13-7-12-20-23(30)15-14-22(24(20)21)26(25)28(29(27)31)19-11-6-4-9-17(19)2;1-18(2)20-14-11-15-21(19(3)4)26(20)24-16-17-25(23-13-10-9-12-22(23)24)29-30-27(5,6)28(7,8)31-29/h9-21H,1-8H3;3-15H,1-2H3;9-19H,1-8H3. The summed E-state index contributed by atoms with van der Waals surface area (Å²) in [7, 11) is -0.742. The highest BCUT2D eigenvalue weighted by Gasteiger charge is 2.54. The molecule has 16 rings (SSSR count). The average Bonchev–Trinajstić information content (AvgIpc) is 1.55. The Labute approximate surface area is 596 Å². The number of ketones is 1. The molecule has 0 aromatic heterocycles. The van der Waals surface area contributed by atoms with Crippen molar-refractivity contribution in [1.29, 1.82) is 0 Å². The molecule has 0 atom stereocenters. The number of carbonyl (C=O) groups excluding carboxylic acids is 1. The van der Waals surface area contributed by atoms with Crippen LogP contribution in [-0.2, 0) is 23.4 Å². The number of rotatable bonds is 10. The third-order valence-electron chi connectivity index (χ3n) is 22.5. The summed E-state index contributed by atoms with van der Waals surface area (Å²) in [6.45, 7) is 39.4. The van der Waals surface area contributed by atoms with Crippen LogP contribution >= 0.6 is 15.9 Å². The highest BCUT2D eigenvalue weighted by molar-refractivity contribution is 9.10. The van der Waals surface area contributed by atoms with Crippen molar-refractivity contribution in [3.05, 3.63) is 260 Å². The third kappa shape index (κ3) is 11.4. The normalized spacial score (nSPS) is 16.7. The van der Waals surface area contributed by atoms with Gasteiger partial charge in [-0.25, -0.2) is 0 Å². The second-order valence-electron chi connectivity index (χ2n) is 31.1. The summed E-state index contributed by atoms with van der Waals surface area (Å²) < 4.78 is 26.8. The maximum atomic E-state index is 14.1. The number of aryl methyl sites for hydroxylation is 2. The van der Waals surface area contributed by atoms with Gasteiger partial charge in [0, 0.05) is 26.8 Å². The van der Waals surface area contributed by atoms with Gasteiger partial charge in [-0.05, 0) is 248 Å². The van der Waals surface area contributed by atoms with Crippen LogP contribution < -0.4 is 10.9 Å². The fourth-order valence-corrected chi connectivity index (χ4v) is 16.3. The summed E-state index contributed by atoms with van der Waals surface area (Å²) in [5.41, 5.74) is 27.4. The van der Waals surface area contributed by atoms with Crippen molar-refractivity contribution in [2.24, 2.45) is 0 Å². The minimum Gasteiger partial charge on any atom is -0.399 e. The summed E-state index contributed by atoms with van der Waals surface area (Å²) in [6.07, 6.45) is 0. The van der Waals surface area contributed by atoms with E-state index in [-0.39, 0.29) is 42.4 Å². The molecule has 0 amide bonds. The zero-order valence-electron chi connectivity index (χ0n) is 60.9. The quantitative estimate of drug-likeness (QED) is 0.128. The maximum absolute atomic E-state index is 14.1. The lowest BCUT2D eigenvalue weighted by atomic mass is 9.74. The van der Waals surface area contributed by atoms with Crippen LogP contribution in [0, 0.1) is 13.8 Å². The van der Waals surface area contributed by atoms with Gasteiger partial charge in [-0.15, -0.1) is 0 Å². The highest BCUT2D eigenvalue weighted by Crippen LogP contribution is 2.58. The van der Waals surface area contributed by atoms with Crippen LogP contribution in [-0.4, -0.2) is 42.4 Å². The van der Waals surface area contributed by atoms with E-state index in [4.69, 9.17) is 18.6 Å². The number of carbonyl (C=O) groups is 1. The van der Waals surface area contributed by atoms with Crippen LogP contribution in [0.1, 0.15) is 190 Å². The van der Waals surface area contributed by atoms with E-state index in [1.165, 1.54) is 99.1 Å². The molecule has 0 unspecified atom stereocenters. The Balaban J connectivity index is 0.000000127. The summed E-state index contributed by atoms with van der Waals surface area (Å²) in [6, 6.07) is 72.0. The Morgan fingerprint density at radius 2 is 0.687 bits per heavy atom. The topological polar surface area (TPSA) is 54.0 Å². The van der Waals surface area contributed by atoms with Gasteiger partial charge in [0.2, 0.25) is 0 Å². The number of allylic oxidation sites excluding steroid dienone is 4. The molecule has 2 aliphatic heterocycles. The van der Waals surface area contributed by atoms with Crippen molar-refractivity contribution in [3.8, 4) is 44.5 Å². The van der Waals surface area contributed by atoms with Crippen LogP contribution in [0.4, 0.5) is 0 Å². The third-order valence-corrected chi connectivity index (χ3v) is 23.2. The largest absolute Gasteiger partial charge is 0.495 e. The van der Waals surface area contributed by atoms with Gasteiger partial charge in [0.25, 0.3) is 0 Å². The molecule has 498 valence electrons. The lowest BCUT2D eigenvalue weighted by molar-refractivity contribution is -0.108. The molecule has 11 aromatic rings. The lowest BCUT2D eigenvalue weighted by Crippen LogP contribution is -2.41. The number of benzene rings is 11. The Morgan fingerprint density at radius 1 is 0.323 bits per heavy atom. The second-order valence-corrected chi connectivity index (χ2v) is 32.0. The first kappa shape index (κ1) is 68.0. The maximum Gasteiger partial charge on any atom is 0.495 e. The van der Waals surface area contributed by atoms with Crippen molar-refractivity contribution in [1.82, 2.24) is 0 Å². The van der Waals surface area contributed by atoms with Crippen molar-refractivity contribution in [2.75, 3.05) is 0 Å². The van der Waals surface area contributed by atoms with Gasteiger partial charge >= 0.3 is 14.2 Å². The van der Waals surface area contributed by atoms with Crippen molar-refractivity contribution >= 4 is 101 Å². The molecule has 5 nitrogen and oxygen atoms in total. The van der Waals surface area contributed by atoms with Gasteiger partial charge in [0.1, 0.15) is 0 Å². The van der Waals surface area contributed by atoms with Crippen molar-refractivity contribution in [2.45, 2.75) is 171 Å². The molecule has 0 saturated carbocycles. The van der Waals surface area contributed by atoms with E-state index in [1.807, 2.05) is 24.3 Å². The van der Waals surface area contributed by atoms with Gasteiger partial charge in [-0.2, -0.15) is 0 Å². The van der Waals surface area contributed by atoms with E-state index in [0.717, 1.165) is 71.1 Å². The minimum absolute atomic E-state index is 0.124. The molecule has 2 fully saturated rings. The fourth-order valence-electron chi connectivity index (χ4n) is 15.8. The van der Waals surface area contributed by atoms with Gasteiger partial charge in [0.15, 0.2) is 5.78 Å². The van der Waals surface area contributed by atoms with Crippen LogP contribution in [0.2, 0.25) is 0 Å². The van der Waals surface area contributed by atoms with Crippen molar-refractivity contribution in [3.63, 3.8) is 0 Å². The van der Waals surface area contributed by atoms with Crippen LogP contribution in [0.15, 0.2) is 205 Å². The monoisotopic (exact) mass is 1360 g/mol. The average molecular weight is 1370 g/mol. The Hall–Kier alpha value is -8.20. The Kier molecular flexibility index (Phi) is 17.5. The first-order valence-corrected chi connectivity index (χ1v) is 36.5. The summed E-state index contributed by atoms with van der Waals surface area (Å²) in [5.74, 6) is 1.96. The van der Waals surface area contributed by atoms with E-state index in [2.05, 4.69) is 316 Å². The molecule has 2 heterocycles. The molecule has 0 radical (unpaired) electrons. The van der Waals surface area contributed by atoms with E-state index < -0.39 is 0 Å². The van der Waals surface area contributed by atoms with E-state index in [1.54, 1.807) is 0 Å². The molecule has 0 bridgehead atoms. The zero-order valence-corrected chi connectivity index (χ0v) is 62.5. The highest BCUT2D eigenvalue weighted by atomic mass is 79.9. The first-order valence-electron chi connectivity index (χ1n) is 35.7. The number of hydrogen-bond donors (Lipinski definition) is 0. The van der Waals surface area contributed by atoms with Crippen LogP contribution in [0.3, 0.4) is 0 Å². The molecule has 99 heavy (non-hydrogen) atoms. The number of hydrogen-bond acceptors (Lipinski definition) is 5. The molecule has 11 aromatic carbocycles. The summed E-state index contributed by atoms with van der Waals surface area (Å²) in [4.78, 5) is 14.1. The lowest BCUT2D eigenvalue weighted by Gasteiger charge is -2.32. The molecular weight excluding hydrogens is 1270 g/mol. The molecule has 2 saturated heterocycles. The SMILES string of the molecule is CC(C)c1cccc(C(C)C)c1-c1ccc(B2OC(C)(C)C(C)(C)O2)c2ccccc12.CC(C)c1cccc(C(C)C)c1-c1ccc2c(c1)-c1ccc(B3OC(C)(C)C(C)(C)O3)c3cccc-2c13.Cc1ccccc1C1=C2C(=C(c3ccccc3C)C1=O)c1ccc(Br)c3cccc2c13. The predicted octanol–water partition coefficient (Wildman–Crippen LogP) is 23.4. The number of fused-ring (bicyclic) bond motifs is 7. The van der Waals surface area contributed by atoms with Crippen molar-refractivity contribution < 1.29 is 23.4 Å². The Bertz CT molecular complexity index is 5030. The Morgan fingerprint density at radius 3 is 1.19 bits per heavy atom. The van der Waals surface area contributed by atoms with Gasteiger partial charge in [-0.3, -0.25) is 4.79 Å². The number of halogens is 1. The molecular formula is C91H91B2BrO5. The zero-order chi connectivity index (χ0) is 70.1. The van der Waals surface area contributed by atoms with E-state index in [9.17, 15) is 4.79 Å². The number of Topliss-reactive ketones (excluding diaryl/α,β-unsaturated/α-hetero) is 1. The smallest absolute Gasteiger partial charge is 0.399 e. The molecule has 5 aliphatic rings. The predicted molar refractivity (Wildman–Crippen MR) is 424 cm³/mol. The molecule has 0 spiro atoms. The van der Waals surface area contributed by atoms with E-state index in [0.29, 0.717) is 23.7 Å². The van der Waals surface area contributed by atoms with E-state index >= 15 is 0 Å². The second kappa shape index (κ2) is 25.5. The van der Waals surface area contributed by atoms with Crippen LogP contribution in [0.25, 0.3) is 99.1 Å². The van der Waals surface area contributed by atoms with Gasteiger partial charge in [-0.1, -0.05) is 259 Å².